The van der Waals surface area contributed by atoms with Gasteiger partial charge in [0.15, 0.2) is 0 Å². The van der Waals surface area contributed by atoms with Gasteiger partial charge in [-0.1, -0.05) is 18.2 Å². The molecule has 110 valence electrons. The molecule has 0 saturated heterocycles. The van der Waals surface area contributed by atoms with Gasteiger partial charge in [-0.3, -0.25) is 14.9 Å². The van der Waals surface area contributed by atoms with Crippen LogP contribution < -0.4 is 16.0 Å². The smallest absolute Gasteiger partial charge is 0.326 e. The normalized spacial score (nSPS) is 12.3. The van der Waals surface area contributed by atoms with E-state index in [1.807, 2.05) is 0 Å². The summed E-state index contributed by atoms with van der Waals surface area (Å²) >= 11 is 0. The predicted octanol–water partition coefficient (Wildman–Crippen LogP) is 2.14. The van der Waals surface area contributed by atoms with E-state index in [9.17, 15) is 14.4 Å². The molecule has 3 rings (SSSR count). The molecule has 0 radical (unpaired) electrons. The van der Waals surface area contributed by atoms with E-state index < -0.39 is 11.9 Å². The number of imide groups is 1. The SMILES string of the molecule is O=C1Cc2cc(NC(=O)NC(=O)c3ccccc3)ccc2N1. The summed E-state index contributed by atoms with van der Waals surface area (Å²) in [5.74, 6) is -0.549. The Morgan fingerprint density at radius 1 is 1.05 bits per heavy atom. The number of urea groups is 1. The van der Waals surface area contributed by atoms with Gasteiger partial charge in [-0.25, -0.2) is 4.79 Å². The molecule has 0 atom stereocenters. The fourth-order valence-electron chi connectivity index (χ4n) is 2.23. The third-order valence-corrected chi connectivity index (χ3v) is 3.25. The van der Waals surface area contributed by atoms with Crippen LogP contribution in [0, 0.1) is 0 Å². The van der Waals surface area contributed by atoms with E-state index in [-0.39, 0.29) is 12.3 Å². The molecule has 1 heterocycles. The zero-order valence-electron chi connectivity index (χ0n) is 11.6. The van der Waals surface area contributed by atoms with Crippen LogP contribution >= 0.6 is 0 Å². The Morgan fingerprint density at radius 3 is 2.59 bits per heavy atom. The number of anilines is 2. The van der Waals surface area contributed by atoms with E-state index in [4.69, 9.17) is 0 Å². The van der Waals surface area contributed by atoms with Crippen molar-refractivity contribution >= 4 is 29.2 Å². The molecule has 0 fully saturated rings. The van der Waals surface area contributed by atoms with Crippen LogP contribution in [0.5, 0.6) is 0 Å². The fraction of sp³-hybridized carbons (Fsp3) is 0.0625. The summed E-state index contributed by atoms with van der Waals surface area (Å²) in [6.07, 6.45) is 0.287. The molecule has 4 amide bonds. The largest absolute Gasteiger partial charge is 0.326 e. The Labute approximate surface area is 126 Å². The molecule has 1 aliphatic heterocycles. The Bertz CT molecular complexity index is 756. The van der Waals surface area contributed by atoms with Gasteiger partial charge in [-0.05, 0) is 35.9 Å². The third-order valence-electron chi connectivity index (χ3n) is 3.25. The quantitative estimate of drug-likeness (QED) is 0.793. The minimum atomic E-state index is -0.619. The van der Waals surface area contributed by atoms with Crippen molar-refractivity contribution < 1.29 is 14.4 Å². The lowest BCUT2D eigenvalue weighted by Crippen LogP contribution is -2.34. The first kappa shape index (κ1) is 13.8. The lowest BCUT2D eigenvalue weighted by Gasteiger charge is -2.08. The number of carbonyl (C=O) groups excluding carboxylic acids is 3. The van der Waals surface area contributed by atoms with Crippen LogP contribution in [0.15, 0.2) is 48.5 Å². The molecule has 3 N–H and O–H groups in total. The van der Waals surface area contributed by atoms with E-state index in [1.165, 1.54) is 0 Å². The van der Waals surface area contributed by atoms with Crippen molar-refractivity contribution in [2.75, 3.05) is 10.6 Å². The first-order chi connectivity index (χ1) is 10.6. The highest BCUT2D eigenvalue weighted by atomic mass is 16.2. The molecule has 0 spiro atoms. The van der Waals surface area contributed by atoms with Crippen molar-refractivity contribution in [1.82, 2.24) is 5.32 Å². The lowest BCUT2D eigenvalue weighted by molar-refractivity contribution is -0.115. The molecule has 0 bridgehead atoms. The van der Waals surface area contributed by atoms with Gasteiger partial charge in [0.2, 0.25) is 5.91 Å². The minimum Gasteiger partial charge on any atom is -0.326 e. The highest BCUT2D eigenvalue weighted by Crippen LogP contribution is 2.25. The van der Waals surface area contributed by atoms with Gasteiger partial charge >= 0.3 is 6.03 Å². The van der Waals surface area contributed by atoms with Gasteiger partial charge in [0.1, 0.15) is 0 Å². The molecule has 0 aliphatic carbocycles. The topological polar surface area (TPSA) is 87.3 Å². The van der Waals surface area contributed by atoms with E-state index in [1.54, 1.807) is 48.5 Å². The average Bonchev–Trinajstić information content (AvgIpc) is 2.87. The van der Waals surface area contributed by atoms with Gasteiger partial charge in [0.05, 0.1) is 6.42 Å². The molecule has 2 aromatic carbocycles. The number of fused-ring (bicyclic) bond motifs is 1. The number of amides is 4. The van der Waals surface area contributed by atoms with Gasteiger partial charge in [-0.2, -0.15) is 0 Å². The van der Waals surface area contributed by atoms with Crippen molar-refractivity contribution in [1.29, 1.82) is 0 Å². The Kier molecular flexibility index (Phi) is 3.57. The van der Waals surface area contributed by atoms with Crippen LogP contribution in [-0.4, -0.2) is 17.8 Å². The molecule has 22 heavy (non-hydrogen) atoms. The number of hydrogen-bond donors (Lipinski definition) is 3. The number of hydrogen-bond acceptors (Lipinski definition) is 3. The summed E-state index contributed by atoms with van der Waals surface area (Å²) in [5.41, 5.74) is 2.49. The Morgan fingerprint density at radius 2 is 1.82 bits per heavy atom. The van der Waals surface area contributed by atoms with E-state index >= 15 is 0 Å². The van der Waals surface area contributed by atoms with Gasteiger partial charge < -0.3 is 10.6 Å². The molecule has 0 saturated carbocycles. The molecule has 2 aromatic rings. The highest BCUT2D eigenvalue weighted by Gasteiger charge is 2.18. The van der Waals surface area contributed by atoms with E-state index in [2.05, 4.69) is 16.0 Å². The minimum absolute atomic E-state index is 0.0733. The standard InChI is InChI=1S/C16H13N3O3/c20-14-9-11-8-12(6-7-13(11)18-14)17-16(22)19-15(21)10-4-2-1-3-5-10/h1-8H,9H2,(H,18,20)(H2,17,19,21,22). The zero-order chi connectivity index (χ0) is 15.5. The highest BCUT2D eigenvalue weighted by molar-refractivity contribution is 6.08. The van der Waals surface area contributed by atoms with Gasteiger partial charge in [-0.15, -0.1) is 0 Å². The van der Waals surface area contributed by atoms with Crippen LogP contribution in [0.1, 0.15) is 15.9 Å². The predicted molar refractivity (Wildman–Crippen MR) is 81.7 cm³/mol. The summed E-state index contributed by atoms with van der Waals surface area (Å²) < 4.78 is 0. The molecule has 0 unspecified atom stereocenters. The Hall–Kier alpha value is -3.15. The van der Waals surface area contributed by atoms with Crippen LogP contribution in [0.4, 0.5) is 16.2 Å². The summed E-state index contributed by atoms with van der Waals surface area (Å²) in [4.78, 5) is 35.0. The monoisotopic (exact) mass is 295 g/mol. The summed E-state index contributed by atoms with van der Waals surface area (Å²) in [5, 5.41) is 7.54. The Balaban J connectivity index is 1.64. The van der Waals surface area contributed by atoms with Crippen LogP contribution in [0.25, 0.3) is 0 Å². The number of nitrogens with one attached hydrogen (secondary N) is 3. The molecular formula is C16H13N3O3. The second-order valence-electron chi connectivity index (χ2n) is 4.87. The lowest BCUT2D eigenvalue weighted by atomic mass is 10.1. The van der Waals surface area contributed by atoms with Crippen LogP contribution in [0.2, 0.25) is 0 Å². The second kappa shape index (κ2) is 5.69. The second-order valence-corrected chi connectivity index (χ2v) is 4.87. The molecule has 0 aromatic heterocycles. The van der Waals surface area contributed by atoms with Crippen molar-refractivity contribution in [3.05, 3.63) is 59.7 Å². The average molecular weight is 295 g/mol. The van der Waals surface area contributed by atoms with Crippen molar-refractivity contribution in [3.63, 3.8) is 0 Å². The van der Waals surface area contributed by atoms with Crippen molar-refractivity contribution in [2.45, 2.75) is 6.42 Å². The van der Waals surface area contributed by atoms with Crippen molar-refractivity contribution in [3.8, 4) is 0 Å². The number of rotatable bonds is 2. The summed E-state index contributed by atoms with van der Waals surface area (Å²) in [6, 6.07) is 12.9. The molecule has 1 aliphatic rings. The molecule has 6 heteroatoms. The van der Waals surface area contributed by atoms with Crippen LogP contribution in [-0.2, 0) is 11.2 Å². The zero-order valence-corrected chi connectivity index (χ0v) is 11.6. The summed E-state index contributed by atoms with van der Waals surface area (Å²) in [7, 11) is 0. The third kappa shape index (κ3) is 2.95. The first-order valence-corrected chi connectivity index (χ1v) is 6.72. The summed E-state index contributed by atoms with van der Waals surface area (Å²) in [6.45, 7) is 0. The van der Waals surface area contributed by atoms with Crippen LogP contribution in [0.3, 0.4) is 0 Å². The van der Waals surface area contributed by atoms with E-state index in [0.717, 1.165) is 11.3 Å². The maximum absolute atomic E-state index is 11.8. The van der Waals surface area contributed by atoms with Gasteiger partial charge in [0.25, 0.3) is 5.91 Å². The van der Waals surface area contributed by atoms with Gasteiger partial charge in [0, 0.05) is 16.9 Å². The number of carbonyl (C=O) groups is 3. The molecular weight excluding hydrogens is 282 g/mol. The maximum atomic E-state index is 11.8. The van der Waals surface area contributed by atoms with E-state index in [0.29, 0.717) is 11.3 Å². The maximum Gasteiger partial charge on any atom is 0.326 e. The number of benzene rings is 2. The fourth-order valence-corrected chi connectivity index (χ4v) is 2.23. The first-order valence-electron chi connectivity index (χ1n) is 6.72. The van der Waals surface area contributed by atoms with Crippen molar-refractivity contribution in [2.24, 2.45) is 0 Å². The molecule has 6 nitrogen and oxygen atoms in total.